The van der Waals surface area contributed by atoms with Crippen molar-refractivity contribution in [3.05, 3.63) is 12.7 Å². The average molecular weight is 293 g/mol. The van der Waals surface area contributed by atoms with Gasteiger partial charge >= 0.3 is 5.97 Å². The van der Waals surface area contributed by atoms with Crippen LogP contribution in [0.2, 0.25) is 0 Å². The van der Waals surface area contributed by atoms with Gasteiger partial charge in [-0.15, -0.1) is 11.8 Å². The number of carbonyl (C=O) groups is 1. The van der Waals surface area contributed by atoms with Crippen LogP contribution < -0.4 is 4.90 Å². The number of esters is 1. The standard InChI is InChI=1S/C12H15N5O2S/c1-2-19-12(18)8-5-17(3-4-20-8)11-9-10(14-6-13-9)15-7-16-11/h6-8H,2-5H2,1H3,(H,13,14,15,16). The molecule has 8 heteroatoms. The van der Waals surface area contributed by atoms with E-state index in [0.29, 0.717) is 18.8 Å². The summed E-state index contributed by atoms with van der Waals surface area (Å²) in [4.78, 5) is 29.6. The molecule has 0 amide bonds. The number of hydrogen-bond acceptors (Lipinski definition) is 7. The summed E-state index contributed by atoms with van der Waals surface area (Å²) in [7, 11) is 0. The summed E-state index contributed by atoms with van der Waals surface area (Å²) >= 11 is 1.63. The first-order valence-corrected chi connectivity index (χ1v) is 7.51. The molecule has 2 aromatic heterocycles. The van der Waals surface area contributed by atoms with Crippen molar-refractivity contribution >= 4 is 34.7 Å². The van der Waals surface area contributed by atoms with E-state index in [0.717, 1.165) is 23.6 Å². The van der Waals surface area contributed by atoms with E-state index in [1.807, 2.05) is 6.92 Å². The second-order valence-corrected chi connectivity index (χ2v) is 5.67. The highest BCUT2D eigenvalue weighted by atomic mass is 32.2. The monoisotopic (exact) mass is 293 g/mol. The van der Waals surface area contributed by atoms with Gasteiger partial charge in [-0.3, -0.25) is 4.79 Å². The summed E-state index contributed by atoms with van der Waals surface area (Å²) in [6.45, 7) is 3.66. The Labute approximate surface area is 120 Å². The molecule has 1 saturated heterocycles. The third-order valence-electron chi connectivity index (χ3n) is 3.12. The molecule has 1 unspecified atom stereocenters. The van der Waals surface area contributed by atoms with Crippen LogP contribution in [0.15, 0.2) is 12.7 Å². The SMILES string of the molecule is CCOC(=O)C1CN(c2ncnc3nc[nH]c23)CCS1. The number of thioether (sulfide) groups is 1. The molecule has 3 rings (SSSR count). The molecule has 20 heavy (non-hydrogen) atoms. The predicted molar refractivity (Wildman–Crippen MR) is 76.8 cm³/mol. The molecular formula is C12H15N5O2S. The van der Waals surface area contributed by atoms with Crippen molar-refractivity contribution in [2.75, 3.05) is 30.3 Å². The molecule has 1 atom stereocenters. The Balaban J connectivity index is 1.83. The normalized spacial score (nSPS) is 19.2. The summed E-state index contributed by atoms with van der Waals surface area (Å²) < 4.78 is 5.10. The Morgan fingerprint density at radius 2 is 2.45 bits per heavy atom. The molecule has 0 spiro atoms. The number of ether oxygens (including phenoxy) is 1. The molecule has 0 bridgehead atoms. The van der Waals surface area contributed by atoms with Crippen LogP contribution in [-0.4, -0.2) is 56.6 Å². The number of nitrogens with zero attached hydrogens (tertiary/aromatic N) is 4. The van der Waals surface area contributed by atoms with Gasteiger partial charge in [0, 0.05) is 18.8 Å². The van der Waals surface area contributed by atoms with Crippen LogP contribution in [0.4, 0.5) is 5.82 Å². The van der Waals surface area contributed by atoms with Gasteiger partial charge in [-0.05, 0) is 6.92 Å². The molecule has 1 aliphatic rings. The molecule has 2 aromatic rings. The highest BCUT2D eigenvalue weighted by Crippen LogP contribution is 2.26. The summed E-state index contributed by atoms with van der Waals surface area (Å²) in [5.74, 6) is 1.50. The lowest BCUT2D eigenvalue weighted by atomic mass is 10.3. The van der Waals surface area contributed by atoms with E-state index in [9.17, 15) is 4.79 Å². The molecule has 7 nitrogen and oxygen atoms in total. The van der Waals surface area contributed by atoms with E-state index in [1.165, 1.54) is 6.33 Å². The minimum Gasteiger partial charge on any atom is -0.465 e. The summed E-state index contributed by atoms with van der Waals surface area (Å²) in [5.41, 5.74) is 1.45. The lowest BCUT2D eigenvalue weighted by Gasteiger charge is -2.31. The van der Waals surface area contributed by atoms with E-state index in [4.69, 9.17) is 4.74 Å². The number of aromatic amines is 1. The Hall–Kier alpha value is -1.83. The highest BCUT2D eigenvalue weighted by Gasteiger charge is 2.29. The van der Waals surface area contributed by atoms with Crippen LogP contribution in [0.25, 0.3) is 11.2 Å². The van der Waals surface area contributed by atoms with Crippen LogP contribution in [-0.2, 0) is 9.53 Å². The van der Waals surface area contributed by atoms with Crippen molar-refractivity contribution in [2.45, 2.75) is 12.2 Å². The van der Waals surface area contributed by atoms with Gasteiger partial charge in [0.15, 0.2) is 11.5 Å². The zero-order valence-electron chi connectivity index (χ0n) is 11.1. The molecule has 1 N–H and O–H groups in total. The van der Waals surface area contributed by atoms with Gasteiger partial charge in [0.1, 0.15) is 17.1 Å². The molecule has 3 heterocycles. The van der Waals surface area contributed by atoms with Crippen molar-refractivity contribution in [1.29, 1.82) is 0 Å². The largest absolute Gasteiger partial charge is 0.465 e. The quantitative estimate of drug-likeness (QED) is 0.839. The minimum absolute atomic E-state index is 0.155. The fraction of sp³-hybridized carbons (Fsp3) is 0.500. The third kappa shape index (κ3) is 2.43. The fourth-order valence-corrected chi connectivity index (χ4v) is 3.31. The molecule has 1 aliphatic heterocycles. The van der Waals surface area contributed by atoms with Crippen LogP contribution in [0.1, 0.15) is 6.92 Å². The van der Waals surface area contributed by atoms with E-state index in [1.54, 1.807) is 18.1 Å². The summed E-state index contributed by atoms with van der Waals surface area (Å²) in [6.07, 6.45) is 3.10. The first-order chi connectivity index (χ1) is 9.79. The Morgan fingerprint density at radius 1 is 1.55 bits per heavy atom. The second-order valence-electron chi connectivity index (χ2n) is 4.36. The van der Waals surface area contributed by atoms with Crippen molar-refractivity contribution in [3.63, 3.8) is 0 Å². The fourth-order valence-electron chi connectivity index (χ4n) is 2.21. The first kappa shape index (κ1) is 13.2. The van der Waals surface area contributed by atoms with Gasteiger partial charge in [0.25, 0.3) is 0 Å². The number of anilines is 1. The predicted octanol–water partition coefficient (Wildman–Crippen LogP) is 0.838. The van der Waals surface area contributed by atoms with E-state index < -0.39 is 0 Å². The Kier molecular flexibility index (Phi) is 3.72. The van der Waals surface area contributed by atoms with Crippen LogP contribution in [0, 0.1) is 0 Å². The summed E-state index contributed by atoms with van der Waals surface area (Å²) in [6, 6.07) is 0. The van der Waals surface area contributed by atoms with Crippen molar-refractivity contribution in [3.8, 4) is 0 Å². The molecular weight excluding hydrogens is 278 g/mol. The second kappa shape index (κ2) is 5.66. The number of fused-ring (bicyclic) bond motifs is 1. The van der Waals surface area contributed by atoms with Gasteiger partial charge < -0.3 is 14.6 Å². The van der Waals surface area contributed by atoms with Crippen LogP contribution >= 0.6 is 11.8 Å². The third-order valence-corrected chi connectivity index (χ3v) is 4.28. The maximum absolute atomic E-state index is 11.9. The smallest absolute Gasteiger partial charge is 0.320 e. The van der Waals surface area contributed by atoms with Crippen molar-refractivity contribution < 1.29 is 9.53 Å². The first-order valence-electron chi connectivity index (χ1n) is 6.47. The average Bonchev–Trinajstić information content (AvgIpc) is 2.96. The molecule has 106 valence electrons. The van der Waals surface area contributed by atoms with E-state index in [2.05, 4.69) is 24.8 Å². The lowest BCUT2D eigenvalue weighted by molar-refractivity contribution is -0.142. The van der Waals surface area contributed by atoms with Gasteiger partial charge in [-0.25, -0.2) is 15.0 Å². The number of H-pyrrole nitrogens is 1. The topological polar surface area (TPSA) is 84.0 Å². The van der Waals surface area contributed by atoms with E-state index in [-0.39, 0.29) is 11.2 Å². The number of aromatic nitrogens is 4. The molecule has 0 saturated carbocycles. The van der Waals surface area contributed by atoms with Gasteiger partial charge in [-0.1, -0.05) is 0 Å². The number of hydrogen-bond donors (Lipinski definition) is 1. The number of nitrogens with one attached hydrogen (secondary N) is 1. The van der Waals surface area contributed by atoms with Crippen molar-refractivity contribution in [1.82, 2.24) is 19.9 Å². The molecule has 0 radical (unpaired) electrons. The van der Waals surface area contributed by atoms with Gasteiger partial charge in [-0.2, -0.15) is 0 Å². The zero-order chi connectivity index (χ0) is 13.9. The maximum atomic E-state index is 11.9. The maximum Gasteiger partial charge on any atom is 0.320 e. The summed E-state index contributed by atoms with van der Waals surface area (Å²) in [5, 5.41) is -0.170. The molecule has 1 fully saturated rings. The number of imidazole rings is 1. The Bertz CT molecular complexity index is 617. The van der Waals surface area contributed by atoms with Gasteiger partial charge in [0.05, 0.1) is 12.9 Å². The Morgan fingerprint density at radius 3 is 3.30 bits per heavy atom. The highest BCUT2D eigenvalue weighted by molar-refractivity contribution is 8.00. The van der Waals surface area contributed by atoms with Crippen LogP contribution in [0.3, 0.4) is 0 Å². The number of carbonyl (C=O) groups excluding carboxylic acids is 1. The lowest BCUT2D eigenvalue weighted by Crippen LogP contribution is -2.42. The van der Waals surface area contributed by atoms with Crippen LogP contribution in [0.5, 0.6) is 0 Å². The molecule has 0 aliphatic carbocycles. The van der Waals surface area contributed by atoms with Gasteiger partial charge in [0.2, 0.25) is 0 Å². The molecule has 0 aromatic carbocycles. The van der Waals surface area contributed by atoms with Crippen molar-refractivity contribution in [2.24, 2.45) is 0 Å². The number of rotatable bonds is 3. The minimum atomic E-state index is -0.170. The van der Waals surface area contributed by atoms with E-state index >= 15 is 0 Å². The zero-order valence-corrected chi connectivity index (χ0v) is 11.9.